The fourth-order valence-electron chi connectivity index (χ4n) is 1.89. The number of nitrogens with one attached hydrogen (secondary N) is 2. The minimum absolute atomic E-state index is 0.426. The summed E-state index contributed by atoms with van der Waals surface area (Å²) in [6, 6.07) is 5.37. The van der Waals surface area contributed by atoms with Gasteiger partial charge >= 0.3 is 5.97 Å². The van der Waals surface area contributed by atoms with Crippen molar-refractivity contribution in [3.05, 3.63) is 29.5 Å². The number of methoxy groups -OCH3 is 1. The van der Waals surface area contributed by atoms with Crippen molar-refractivity contribution in [2.75, 3.05) is 7.11 Å². The molecule has 0 radical (unpaired) electrons. The van der Waals surface area contributed by atoms with Gasteiger partial charge in [-0.2, -0.15) is 5.48 Å². The second kappa shape index (κ2) is 5.01. The van der Waals surface area contributed by atoms with Gasteiger partial charge in [-0.05, 0) is 25.1 Å². The number of hydrogen-bond donors (Lipinski definition) is 2. The first kappa shape index (κ1) is 12.9. The Balaban J connectivity index is 2.43. The van der Waals surface area contributed by atoms with Crippen LogP contribution in [-0.4, -0.2) is 24.0 Å². The van der Waals surface area contributed by atoms with E-state index in [2.05, 4.69) is 15.3 Å². The molecule has 0 spiro atoms. The van der Waals surface area contributed by atoms with Crippen molar-refractivity contribution in [1.29, 1.82) is 0 Å². The molecule has 6 nitrogen and oxygen atoms in total. The number of aromatic nitrogens is 1. The summed E-state index contributed by atoms with van der Waals surface area (Å²) < 4.78 is 5.13. The Hall–Kier alpha value is -2.50. The van der Waals surface area contributed by atoms with E-state index in [0.717, 1.165) is 5.52 Å². The molecule has 0 aliphatic heterocycles. The highest BCUT2D eigenvalue weighted by molar-refractivity contribution is 6.08. The predicted octanol–water partition coefficient (Wildman–Crippen LogP) is 1.69. The van der Waals surface area contributed by atoms with Crippen LogP contribution in [-0.2, 0) is 9.63 Å². The first-order valence-electron chi connectivity index (χ1n) is 5.67. The standard InChI is InChI=1S/C13H14N2O4/c1-7-12(13(17)15-19-8(2)16)10-6-9(18-3)4-5-11(10)14-7/h4-6,14H,1-3H3,(H,15,17). The van der Waals surface area contributed by atoms with Crippen LogP contribution in [0.4, 0.5) is 0 Å². The normalized spacial score (nSPS) is 10.3. The molecule has 2 rings (SSSR count). The Kier molecular flexibility index (Phi) is 3.41. The lowest BCUT2D eigenvalue weighted by molar-refractivity contribution is -0.146. The molecule has 0 aliphatic carbocycles. The van der Waals surface area contributed by atoms with Crippen molar-refractivity contribution in [2.24, 2.45) is 0 Å². The number of carbonyl (C=O) groups is 2. The molecule has 2 aromatic rings. The largest absolute Gasteiger partial charge is 0.497 e. The second-order valence-corrected chi connectivity index (χ2v) is 4.06. The SMILES string of the molecule is COc1ccc2[nH]c(C)c(C(=O)NOC(C)=O)c2c1. The number of rotatable bonds is 2. The first-order chi connectivity index (χ1) is 9.02. The minimum atomic E-state index is -0.580. The Morgan fingerprint density at radius 1 is 1.32 bits per heavy atom. The van der Waals surface area contributed by atoms with E-state index < -0.39 is 11.9 Å². The summed E-state index contributed by atoms with van der Waals surface area (Å²) >= 11 is 0. The number of aromatic amines is 1. The van der Waals surface area contributed by atoms with Crippen molar-refractivity contribution in [1.82, 2.24) is 10.5 Å². The summed E-state index contributed by atoms with van der Waals surface area (Å²) in [5.74, 6) is -0.413. The summed E-state index contributed by atoms with van der Waals surface area (Å²) in [4.78, 5) is 30.3. The summed E-state index contributed by atoms with van der Waals surface area (Å²) in [6.07, 6.45) is 0. The monoisotopic (exact) mass is 262 g/mol. The van der Waals surface area contributed by atoms with Crippen molar-refractivity contribution < 1.29 is 19.2 Å². The van der Waals surface area contributed by atoms with E-state index in [1.54, 1.807) is 26.2 Å². The third-order valence-electron chi connectivity index (χ3n) is 2.71. The van der Waals surface area contributed by atoms with Crippen LogP contribution in [0.5, 0.6) is 5.75 Å². The van der Waals surface area contributed by atoms with Gasteiger partial charge in [0.1, 0.15) is 5.75 Å². The van der Waals surface area contributed by atoms with Crippen molar-refractivity contribution >= 4 is 22.8 Å². The number of hydrogen-bond acceptors (Lipinski definition) is 4. The van der Waals surface area contributed by atoms with E-state index in [0.29, 0.717) is 22.4 Å². The second-order valence-electron chi connectivity index (χ2n) is 4.06. The molecule has 0 aliphatic rings. The van der Waals surface area contributed by atoms with Crippen LogP contribution in [0.15, 0.2) is 18.2 Å². The van der Waals surface area contributed by atoms with E-state index in [9.17, 15) is 9.59 Å². The van der Waals surface area contributed by atoms with Gasteiger partial charge in [0.15, 0.2) is 0 Å². The number of amides is 1. The molecule has 19 heavy (non-hydrogen) atoms. The Bertz CT molecular complexity index is 645. The van der Waals surface area contributed by atoms with Crippen molar-refractivity contribution in [3.8, 4) is 5.75 Å². The van der Waals surface area contributed by atoms with E-state index in [-0.39, 0.29) is 0 Å². The van der Waals surface area contributed by atoms with Gasteiger partial charge in [0.25, 0.3) is 5.91 Å². The molecule has 0 fully saturated rings. The number of carbonyl (C=O) groups excluding carboxylic acids is 2. The van der Waals surface area contributed by atoms with Crippen LogP contribution in [0, 0.1) is 6.92 Å². The number of benzene rings is 1. The zero-order valence-electron chi connectivity index (χ0n) is 10.9. The average molecular weight is 262 g/mol. The van der Waals surface area contributed by atoms with E-state index in [1.807, 2.05) is 6.07 Å². The summed E-state index contributed by atoms with van der Waals surface area (Å²) in [6.45, 7) is 2.99. The maximum atomic E-state index is 12.0. The van der Waals surface area contributed by atoms with Gasteiger partial charge in [0.05, 0.1) is 12.7 Å². The fraction of sp³-hybridized carbons (Fsp3) is 0.231. The number of fused-ring (bicyclic) bond motifs is 1. The molecule has 1 heterocycles. The third-order valence-corrected chi connectivity index (χ3v) is 2.71. The molecule has 0 saturated carbocycles. The molecule has 2 N–H and O–H groups in total. The quantitative estimate of drug-likeness (QED) is 0.807. The maximum Gasteiger partial charge on any atom is 0.329 e. The van der Waals surface area contributed by atoms with Crippen LogP contribution < -0.4 is 10.2 Å². The lowest BCUT2D eigenvalue weighted by atomic mass is 10.1. The molecule has 0 atom stereocenters. The molecule has 100 valence electrons. The highest BCUT2D eigenvalue weighted by atomic mass is 16.7. The molecular formula is C13H14N2O4. The van der Waals surface area contributed by atoms with Gasteiger partial charge < -0.3 is 14.6 Å². The number of H-pyrrole nitrogens is 1. The molecule has 0 bridgehead atoms. The Labute approximate surface area is 109 Å². The van der Waals surface area contributed by atoms with Crippen molar-refractivity contribution in [2.45, 2.75) is 13.8 Å². The number of aryl methyl sites for hydroxylation is 1. The minimum Gasteiger partial charge on any atom is -0.497 e. The maximum absolute atomic E-state index is 12.0. The predicted molar refractivity (Wildman–Crippen MR) is 68.8 cm³/mol. The highest BCUT2D eigenvalue weighted by Crippen LogP contribution is 2.26. The fourth-order valence-corrected chi connectivity index (χ4v) is 1.89. The van der Waals surface area contributed by atoms with Gasteiger partial charge in [0, 0.05) is 23.5 Å². The topological polar surface area (TPSA) is 80.4 Å². The first-order valence-corrected chi connectivity index (χ1v) is 5.67. The number of hydroxylamine groups is 1. The summed E-state index contributed by atoms with van der Waals surface area (Å²) in [7, 11) is 1.55. The van der Waals surface area contributed by atoms with Crippen LogP contribution in [0.3, 0.4) is 0 Å². The molecule has 0 saturated heterocycles. The van der Waals surface area contributed by atoms with E-state index in [1.165, 1.54) is 6.92 Å². The Morgan fingerprint density at radius 2 is 2.05 bits per heavy atom. The van der Waals surface area contributed by atoms with Crippen LogP contribution in [0.1, 0.15) is 23.0 Å². The van der Waals surface area contributed by atoms with E-state index in [4.69, 9.17) is 4.74 Å². The van der Waals surface area contributed by atoms with Gasteiger partial charge in [-0.15, -0.1) is 0 Å². The van der Waals surface area contributed by atoms with Gasteiger partial charge in [0.2, 0.25) is 0 Å². The summed E-state index contributed by atoms with van der Waals surface area (Å²) in [5, 5.41) is 0.710. The van der Waals surface area contributed by atoms with Crippen molar-refractivity contribution in [3.63, 3.8) is 0 Å². The third kappa shape index (κ3) is 2.52. The molecule has 1 amide bonds. The smallest absolute Gasteiger partial charge is 0.329 e. The lowest BCUT2D eigenvalue weighted by Crippen LogP contribution is -2.26. The van der Waals surface area contributed by atoms with Gasteiger partial charge in [-0.1, -0.05) is 0 Å². The molecule has 6 heteroatoms. The number of ether oxygens (including phenoxy) is 1. The Morgan fingerprint density at radius 3 is 2.68 bits per heavy atom. The summed E-state index contributed by atoms with van der Waals surface area (Å²) in [5.41, 5.74) is 4.03. The highest BCUT2D eigenvalue weighted by Gasteiger charge is 2.17. The van der Waals surface area contributed by atoms with Gasteiger partial charge in [-0.3, -0.25) is 9.59 Å². The molecule has 0 unspecified atom stereocenters. The molecule has 1 aromatic heterocycles. The lowest BCUT2D eigenvalue weighted by Gasteiger charge is -2.04. The molecular weight excluding hydrogens is 248 g/mol. The molecule has 1 aromatic carbocycles. The zero-order valence-corrected chi connectivity index (χ0v) is 10.9. The van der Waals surface area contributed by atoms with Crippen LogP contribution in [0.25, 0.3) is 10.9 Å². The van der Waals surface area contributed by atoms with Crippen LogP contribution in [0.2, 0.25) is 0 Å². The van der Waals surface area contributed by atoms with Crippen LogP contribution >= 0.6 is 0 Å². The zero-order chi connectivity index (χ0) is 14.0. The van der Waals surface area contributed by atoms with E-state index >= 15 is 0 Å². The average Bonchev–Trinajstić information content (AvgIpc) is 2.70. The van der Waals surface area contributed by atoms with Gasteiger partial charge in [-0.25, -0.2) is 0 Å².